The zero-order valence-corrected chi connectivity index (χ0v) is 12.5. The fourth-order valence-electron chi connectivity index (χ4n) is 2.80. The molecule has 0 saturated carbocycles. The highest BCUT2D eigenvalue weighted by molar-refractivity contribution is 7.81. The van der Waals surface area contributed by atoms with Crippen molar-refractivity contribution >= 4 is 28.5 Å². The number of nitrogens with zero attached hydrogens (tertiary/aromatic N) is 1. The number of allylic oxidation sites excluding steroid dienone is 4. The minimum Gasteiger partial charge on any atom is -0.483 e. The van der Waals surface area contributed by atoms with Gasteiger partial charge in [0.25, 0.3) is 0 Å². The molecular formula is C17H17NOS. The van der Waals surface area contributed by atoms with Crippen LogP contribution in [0.4, 0.5) is 5.69 Å². The van der Waals surface area contributed by atoms with E-state index in [9.17, 15) is 0 Å². The van der Waals surface area contributed by atoms with Crippen LogP contribution in [0.1, 0.15) is 18.9 Å². The summed E-state index contributed by atoms with van der Waals surface area (Å²) in [7, 11) is 2.10. The third kappa shape index (κ3) is 1.98. The molecule has 20 heavy (non-hydrogen) atoms. The molecule has 0 aromatic heterocycles. The molecule has 0 spiro atoms. The first-order valence-corrected chi connectivity index (χ1v) is 7.25. The third-order valence-electron chi connectivity index (χ3n) is 3.70. The smallest absolute Gasteiger partial charge is 0.192 e. The van der Waals surface area contributed by atoms with Crippen LogP contribution in [-0.2, 0) is 4.74 Å². The number of hydrogen-bond acceptors (Lipinski definition) is 3. The number of rotatable bonds is 2. The summed E-state index contributed by atoms with van der Waals surface area (Å²) in [6.07, 6.45) is 7.30. The van der Waals surface area contributed by atoms with Crippen LogP contribution in [0.3, 0.4) is 0 Å². The summed E-state index contributed by atoms with van der Waals surface area (Å²) in [5, 5.41) is 0.601. The van der Waals surface area contributed by atoms with Crippen molar-refractivity contribution in [3.63, 3.8) is 0 Å². The minimum absolute atomic E-state index is 0.600. The van der Waals surface area contributed by atoms with Gasteiger partial charge in [-0.15, -0.1) is 0 Å². The highest BCUT2D eigenvalue weighted by Gasteiger charge is 2.29. The van der Waals surface area contributed by atoms with Crippen LogP contribution >= 0.6 is 12.2 Å². The van der Waals surface area contributed by atoms with Gasteiger partial charge in [-0.3, -0.25) is 0 Å². The van der Waals surface area contributed by atoms with Crippen molar-refractivity contribution in [2.24, 2.45) is 0 Å². The van der Waals surface area contributed by atoms with E-state index < -0.39 is 0 Å². The summed E-state index contributed by atoms with van der Waals surface area (Å²) < 4.78 is 5.63. The SMILES string of the molecule is CCOC(=S)C1=C2CC=CC=C2N(C)c2ccccc21. The first-order chi connectivity index (χ1) is 9.74. The lowest BCUT2D eigenvalue weighted by Gasteiger charge is -2.34. The number of ether oxygens (including phenoxy) is 1. The second-order valence-corrected chi connectivity index (χ2v) is 5.21. The molecule has 0 amide bonds. The Morgan fingerprint density at radius 2 is 2.15 bits per heavy atom. The topological polar surface area (TPSA) is 12.5 Å². The van der Waals surface area contributed by atoms with E-state index in [0.29, 0.717) is 11.7 Å². The Labute approximate surface area is 125 Å². The molecule has 0 bridgehead atoms. The number of anilines is 1. The van der Waals surface area contributed by atoms with Crippen LogP contribution in [0, 0.1) is 0 Å². The van der Waals surface area contributed by atoms with Gasteiger partial charge in [0, 0.05) is 29.6 Å². The standard InChI is InChI=1S/C17H17NOS/c1-3-19-17(20)16-12-8-4-6-10-14(12)18(2)15-11-7-5-9-13(15)16/h4-8,10-11H,3,9H2,1-2H3. The Kier molecular flexibility index (Phi) is 3.45. The van der Waals surface area contributed by atoms with Crippen LogP contribution in [0.25, 0.3) is 5.57 Å². The summed E-state index contributed by atoms with van der Waals surface area (Å²) in [4.78, 5) is 2.23. The molecule has 3 heteroatoms. The molecule has 1 aromatic rings. The maximum absolute atomic E-state index is 5.63. The Hall–Kier alpha value is -1.87. The highest BCUT2D eigenvalue weighted by atomic mass is 32.1. The van der Waals surface area contributed by atoms with Crippen molar-refractivity contribution in [2.45, 2.75) is 13.3 Å². The van der Waals surface area contributed by atoms with Gasteiger partial charge in [-0.2, -0.15) is 0 Å². The first kappa shape index (κ1) is 13.1. The van der Waals surface area contributed by atoms with Gasteiger partial charge in [-0.25, -0.2) is 0 Å². The maximum atomic E-state index is 5.63. The molecular weight excluding hydrogens is 266 g/mol. The van der Waals surface area contributed by atoms with Crippen LogP contribution in [0.2, 0.25) is 0 Å². The Morgan fingerprint density at radius 3 is 2.95 bits per heavy atom. The predicted molar refractivity (Wildman–Crippen MR) is 87.8 cm³/mol. The van der Waals surface area contributed by atoms with Crippen molar-refractivity contribution in [3.05, 3.63) is 59.3 Å². The van der Waals surface area contributed by atoms with Gasteiger partial charge >= 0.3 is 0 Å². The molecule has 1 aliphatic heterocycles. The molecule has 0 radical (unpaired) electrons. The summed E-state index contributed by atoms with van der Waals surface area (Å²) in [6, 6.07) is 8.35. The number of hydrogen-bond donors (Lipinski definition) is 0. The van der Waals surface area contributed by atoms with Crippen LogP contribution in [0.5, 0.6) is 0 Å². The molecule has 2 aliphatic rings. The van der Waals surface area contributed by atoms with E-state index >= 15 is 0 Å². The van der Waals surface area contributed by atoms with Gasteiger partial charge in [0.05, 0.1) is 6.61 Å². The number of fused-ring (bicyclic) bond motifs is 2. The summed E-state index contributed by atoms with van der Waals surface area (Å²) >= 11 is 5.51. The van der Waals surface area contributed by atoms with Crippen LogP contribution in [0.15, 0.2) is 53.8 Å². The normalized spacial score (nSPS) is 16.5. The van der Waals surface area contributed by atoms with Gasteiger partial charge in [-0.1, -0.05) is 30.4 Å². The molecule has 1 aromatic carbocycles. The van der Waals surface area contributed by atoms with Crippen molar-refractivity contribution in [1.29, 1.82) is 0 Å². The second kappa shape index (κ2) is 5.25. The summed E-state index contributed by atoms with van der Waals surface area (Å²) in [5.41, 5.74) is 5.88. The van der Waals surface area contributed by atoms with Crippen molar-refractivity contribution in [2.75, 3.05) is 18.6 Å². The van der Waals surface area contributed by atoms with Crippen LogP contribution < -0.4 is 4.90 Å². The minimum atomic E-state index is 0.600. The monoisotopic (exact) mass is 283 g/mol. The Morgan fingerprint density at radius 1 is 1.35 bits per heavy atom. The fraction of sp³-hybridized carbons (Fsp3) is 0.235. The van der Waals surface area contributed by atoms with E-state index in [1.807, 2.05) is 6.92 Å². The zero-order valence-electron chi connectivity index (χ0n) is 11.7. The molecule has 1 aliphatic carbocycles. The molecule has 0 N–H and O–H groups in total. The molecule has 0 fully saturated rings. The van der Waals surface area contributed by atoms with Crippen LogP contribution in [-0.4, -0.2) is 18.7 Å². The molecule has 2 nitrogen and oxygen atoms in total. The quantitative estimate of drug-likeness (QED) is 0.758. The summed E-state index contributed by atoms with van der Waals surface area (Å²) in [6.45, 7) is 2.57. The maximum Gasteiger partial charge on any atom is 0.192 e. The fourth-order valence-corrected chi connectivity index (χ4v) is 3.15. The molecule has 1 heterocycles. The van der Waals surface area contributed by atoms with Gasteiger partial charge in [-0.05, 0) is 43.3 Å². The lowest BCUT2D eigenvalue weighted by atomic mass is 9.88. The van der Waals surface area contributed by atoms with Crippen molar-refractivity contribution in [1.82, 2.24) is 0 Å². The zero-order chi connectivity index (χ0) is 14.1. The molecule has 0 atom stereocenters. The van der Waals surface area contributed by atoms with E-state index in [2.05, 4.69) is 54.4 Å². The Balaban J connectivity index is 2.23. The van der Waals surface area contributed by atoms with Gasteiger partial charge in [0.2, 0.25) is 0 Å². The van der Waals surface area contributed by atoms with Crippen molar-refractivity contribution in [3.8, 4) is 0 Å². The van der Waals surface area contributed by atoms with E-state index in [1.165, 1.54) is 17.0 Å². The largest absolute Gasteiger partial charge is 0.483 e. The van der Waals surface area contributed by atoms with E-state index in [-0.39, 0.29) is 0 Å². The second-order valence-electron chi connectivity index (χ2n) is 4.83. The predicted octanol–water partition coefficient (Wildman–Crippen LogP) is 4.10. The molecule has 102 valence electrons. The number of benzene rings is 1. The first-order valence-electron chi connectivity index (χ1n) is 6.84. The lowest BCUT2D eigenvalue weighted by Crippen LogP contribution is -2.26. The van der Waals surface area contributed by atoms with Crippen molar-refractivity contribution < 1.29 is 4.74 Å². The van der Waals surface area contributed by atoms with E-state index in [4.69, 9.17) is 17.0 Å². The van der Waals surface area contributed by atoms with E-state index in [0.717, 1.165) is 17.6 Å². The lowest BCUT2D eigenvalue weighted by molar-refractivity contribution is 0.340. The molecule has 3 rings (SSSR count). The Bertz CT molecular complexity index is 655. The van der Waals surface area contributed by atoms with E-state index in [1.54, 1.807) is 0 Å². The summed E-state index contributed by atoms with van der Waals surface area (Å²) in [5.74, 6) is 0. The number of thiocarbonyl (C=S) groups is 1. The highest BCUT2D eigenvalue weighted by Crippen LogP contribution is 2.42. The number of likely N-dealkylation sites (N-methyl/N-ethyl adjacent to an activating group) is 1. The molecule has 0 saturated heterocycles. The molecule has 0 unspecified atom stereocenters. The third-order valence-corrected chi connectivity index (χ3v) is 4.02. The van der Waals surface area contributed by atoms with Gasteiger partial charge < -0.3 is 9.64 Å². The average molecular weight is 283 g/mol. The number of para-hydroxylation sites is 1. The van der Waals surface area contributed by atoms with Gasteiger partial charge in [0.1, 0.15) is 0 Å². The average Bonchev–Trinajstić information content (AvgIpc) is 2.48. The van der Waals surface area contributed by atoms with Gasteiger partial charge in [0.15, 0.2) is 5.05 Å².